The Labute approximate surface area is 120 Å². The van der Waals surface area contributed by atoms with Crippen LogP contribution < -0.4 is 4.74 Å². The lowest BCUT2D eigenvalue weighted by Crippen LogP contribution is -2.27. The van der Waals surface area contributed by atoms with Crippen molar-refractivity contribution in [1.29, 1.82) is 0 Å². The molecule has 0 saturated carbocycles. The minimum absolute atomic E-state index is 0.0498. The van der Waals surface area contributed by atoms with Gasteiger partial charge in [-0.1, -0.05) is 17.7 Å². The first-order chi connectivity index (χ1) is 9.65. The molecule has 1 aromatic carbocycles. The summed E-state index contributed by atoms with van der Waals surface area (Å²) in [5.41, 5.74) is 2.19. The molecule has 0 bridgehead atoms. The van der Waals surface area contributed by atoms with Gasteiger partial charge in [-0.2, -0.15) is 0 Å². The number of carbonyl (C=O) groups excluding carboxylic acids is 1. The van der Waals surface area contributed by atoms with Crippen LogP contribution in [-0.4, -0.2) is 31.9 Å². The molecule has 4 heteroatoms. The van der Waals surface area contributed by atoms with Gasteiger partial charge in [-0.25, -0.2) is 4.79 Å². The van der Waals surface area contributed by atoms with Crippen molar-refractivity contribution in [2.75, 3.05) is 19.8 Å². The summed E-state index contributed by atoms with van der Waals surface area (Å²) in [5, 5.41) is 0. The highest BCUT2D eigenvalue weighted by Gasteiger charge is 2.16. The predicted octanol–water partition coefficient (Wildman–Crippen LogP) is 2.79. The van der Waals surface area contributed by atoms with Gasteiger partial charge in [-0.05, 0) is 44.7 Å². The van der Waals surface area contributed by atoms with Crippen LogP contribution in [0.25, 0.3) is 0 Å². The summed E-state index contributed by atoms with van der Waals surface area (Å²) < 4.78 is 16.2. The first-order valence-electron chi connectivity index (χ1n) is 7.12. The quantitative estimate of drug-likeness (QED) is 0.777. The molecule has 2 rings (SSSR count). The van der Waals surface area contributed by atoms with E-state index < -0.39 is 0 Å². The molecular weight excluding hydrogens is 256 g/mol. The third-order valence-electron chi connectivity index (χ3n) is 3.38. The number of rotatable bonds is 5. The van der Waals surface area contributed by atoms with Crippen molar-refractivity contribution in [2.24, 2.45) is 0 Å². The van der Waals surface area contributed by atoms with Gasteiger partial charge in [0.1, 0.15) is 12.4 Å². The summed E-state index contributed by atoms with van der Waals surface area (Å²) >= 11 is 0. The number of carbonyl (C=O) groups is 1. The van der Waals surface area contributed by atoms with Crippen molar-refractivity contribution in [3.05, 3.63) is 29.3 Å². The Morgan fingerprint density at radius 2 is 2.20 bits per heavy atom. The average molecular weight is 278 g/mol. The fourth-order valence-electron chi connectivity index (χ4n) is 2.26. The molecular formula is C16H22O4. The summed E-state index contributed by atoms with van der Waals surface area (Å²) in [6.45, 7) is 5.02. The Hall–Kier alpha value is -1.55. The van der Waals surface area contributed by atoms with Gasteiger partial charge in [-0.3, -0.25) is 0 Å². The van der Waals surface area contributed by atoms with Crippen LogP contribution in [-0.2, 0) is 14.3 Å². The highest BCUT2D eigenvalue weighted by Crippen LogP contribution is 2.18. The van der Waals surface area contributed by atoms with Gasteiger partial charge in [0, 0.05) is 6.61 Å². The Balaban J connectivity index is 1.71. The van der Waals surface area contributed by atoms with E-state index in [1.165, 1.54) is 5.56 Å². The minimum Gasteiger partial charge on any atom is -0.482 e. The third kappa shape index (κ3) is 4.53. The molecule has 0 radical (unpaired) electrons. The highest BCUT2D eigenvalue weighted by molar-refractivity contribution is 5.71. The molecule has 1 atom stereocenters. The van der Waals surface area contributed by atoms with Crippen LogP contribution in [0.15, 0.2) is 18.2 Å². The predicted molar refractivity (Wildman–Crippen MR) is 76.0 cm³/mol. The number of benzene rings is 1. The van der Waals surface area contributed by atoms with Crippen molar-refractivity contribution in [2.45, 2.75) is 39.2 Å². The summed E-state index contributed by atoms with van der Waals surface area (Å²) in [4.78, 5) is 11.6. The van der Waals surface area contributed by atoms with E-state index in [0.29, 0.717) is 6.61 Å². The van der Waals surface area contributed by atoms with Crippen molar-refractivity contribution >= 4 is 5.97 Å². The number of hydrogen-bond donors (Lipinski definition) is 0. The van der Waals surface area contributed by atoms with E-state index in [4.69, 9.17) is 14.2 Å². The van der Waals surface area contributed by atoms with Gasteiger partial charge in [0.25, 0.3) is 0 Å². The molecule has 1 aliphatic rings. The Bertz CT molecular complexity index is 450. The standard InChI is InChI=1S/C16H22O4/c1-12-6-7-15(13(2)9-12)19-11-16(17)20-10-14-5-3-4-8-18-14/h6-7,9,14H,3-5,8,10-11H2,1-2H3. The maximum atomic E-state index is 11.6. The lowest BCUT2D eigenvalue weighted by Gasteiger charge is -2.22. The molecule has 1 unspecified atom stereocenters. The normalized spacial score (nSPS) is 18.6. The molecule has 1 aromatic rings. The summed E-state index contributed by atoms with van der Waals surface area (Å²) in [6, 6.07) is 5.86. The minimum atomic E-state index is -0.348. The van der Waals surface area contributed by atoms with Crippen LogP contribution in [0.4, 0.5) is 0 Å². The fraction of sp³-hybridized carbons (Fsp3) is 0.562. The monoisotopic (exact) mass is 278 g/mol. The zero-order valence-corrected chi connectivity index (χ0v) is 12.2. The molecule has 4 nitrogen and oxygen atoms in total. The third-order valence-corrected chi connectivity index (χ3v) is 3.38. The van der Waals surface area contributed by atoms with Crippen LogP contribution in [0.2, 0.25) is 0 Å². The summed E-state index contributed by atoms with van der Waals surface area (Å²) in [5.74, 6) is 0.376. The zero-order chi connectivity index (χ0) is 14.4. The molecule has 1 saturated heterocycles. The fourth-order valence-corrected chi connectivity index (χ4v) is 2.26. The lowest BCUT2D eigenvalue weighted by molar-refractivity contribution is -0.151. The van der Waals surface area contributed by atoms with E-state index in [0.717, 1.165) is 37.2 Å². The Morgan fingerprint density at radius 3 is 2.90 bits per heavy atom. The smallest absolute Gasteiger partial charge is 0.344 e. The first kappa shape index (κ1) is 14.9. The van der Waals surface area contributed by atoms with Crippen molar-refractivity contribution in [1.82, 2.24) is 0 Å². The molecule has 0 spiro atoms. The van der Waals surface area contributed by atoms with Crippen LogP contribution in [0.1, 0.15) is 30.4 Å². The molecule has 0 aromatic heterocycles. The van der Waals surface area contributed by atoms with Gasteiger partial charge >= 0.3 is 5.97 Å². The van der Waals surface area contributed by atoms with E-state index in [2.05, 4.69) is 0 Å². The zero-order valence-electron chi connectivity index (χ0n) is 12.2. The Kier molecular flexibility index (Phi) is 5.41. The maximum Gasteiger partial charge on any atom is 0.344 e. The number of esters is 1. The molecule has 1 heterocycles. The first-order valence-corrected chi connectivity index (χ1v) is 7.12. The highest BCUT2D eigenvalue weighted by atomic mass is 16.6. The molecule has 0 aliphatic carbocycles. The van der Waals surface area contributed by atoms with Crippen LogP contribution >= 0.6 is 0 Å². The Morgan fingerprint density at radius 1 is 1.35 bits per heavy atom. The van der Waals surface area contributed by atoms with Crippen LogP contribution in [0, 0.1) is 13.8 Å². The van der Waals surface area contributed by atoms with E-state index in [9.17, 15) is 4.79 Å². The SMILES string of the molecule is Cc1ccc(OCC(=O)OCC2CCCCO2)c(C)c1. The van der Waals surface area contributed by atoms with E-state index in [-0.39, 0.29) is 18.7 Å². The van der Waals surface area contributed by atoms with Crippen molar-refractivity contribution < 1.29 is 19.0 Å². The second-order valence-corrected chi connectivity index (χ2v) is 5.23. The average Bonchev–Trinajstić information content (AvgIpc) is 2.45. The van der Waals surface area contributed by atoms with E-state index in [1.807, 2.05) is 32.0 Å². The molecule has 1 aliphatic heterocycles. The van der Waals surface area contributed by atoms with E-state index >= 15 is 0 Å². The van der Waals surface area contributed by atoms with Crippen molar-refractivity contribution in [3.63, 3.8) is 0 Å². The topological polar surface area (TPSA) is 44.8 Å². The van der Waals surface area contributed by atoms with Crippen LogP contribution in [0.5, 0.6) is 5.75 Å². The van der Waals surface area contributed by atoms with Gasteiger partial charge in [0.15, 0.2) is 6.61 Å². The van der Waals surface area contributed by atoms with Crippen molar-refractivity contribution in [3.8, 4) is 5.75 Å². The number of hydrogen-bond acceptors (Lipinski definition) is 4. The molecule has 0 N–H and O–H groups in total. The molecule has 0 amide bonds. The molecule has 1 fully saturated rings. The largest absolute Gasteiger partial charge is 0.482 e. The second kappa shape index (κ2) is 7.29. The van der Waals surface area contributed by atoms with E-state index in [1.54, 1.807) is 0 Å². The van der Waals surface area contributed by atoms with Gasteiger partial charge < -0.3 is 14.2 Å². The summed E-state index contributed by atoms with van der Waals surface area (Å²) in [7, 11) is 0. The van der Waals surface area contributed by atoms with Gasteiger partial charge in [0.2, 0.25) is 0 Å². The maximum absolute atomic E-state index is 11.6. The second-order valence-electron chi connectivity index (χ2n) is 5.23. The number of ether oxygens (including phenoxy) is 3. The lowest BCUT2D eigenvalue weighted by atomic mass is 10.1. The van der Waals surface area contributed by atoms with Gasteiger partial charge in [0.05, 0.1) is 6.10 Å². The molecule has 110 valence electrons. The van der Waals surface area contributed by atoms with Crippen LogP contribution in [0.3, 0.4) is 0 Å². The number of aryl methyl sites for hydroxylation is 2. The van der Waals surface area contributed by atoms with Gasteiger partial charge in [-0.15, -0.1) is 0 Å². The summed E-state index contributed by atoms with van der Waals surface area (Å²) in [6.07, 6.45) is 3.25. The molecule has 20 heavy (non-hydrogen) atoms.